The van der Waals surface area contributed by atoms with Crippen molar-refractivity contribution in [3.8, 4) is 0 Å². The highest BCUT2D eigenvalue weighted by Gasteiger charge is 2.56. The van der Waals surface area contributed by atoms with E-state index in [9.17, 15) is 33.3 Å². The molecule has 0 aliphatic carbocycles. The molecule has 0 radical (unpaired) electrons. The maximum absolute atomic E-state index is 16.0. The van der Waals surface area contributed by atoms with Gasteiger partial charge in [0.1, 0.15) is 12.1 Å². The zero-order valence-electron chi connectivity index (χ0n) is 34.5. The Morgan fingerprint density at radius 3 is 2.03 bits per heavy atom. The fraction of sp³-hybridized carbons (Fsp3) is 0.512. The van der Waals surface area contributed by atoms with E-state index >= 15 is 8.78 Å². The van der Waals surface area contributed by atoms with Crippen LogP contribution in [-0.4, -0.2) is 67.3 Å². The van der Waals surface area contributed by atoms with Gasteiger partial charge in [0.15, 0.2) is 0 Å². The largest absolute Gasteiger partial charge is 0.438 e. The van der Waals surface area contributed by atoms with E-state index in [0.717, 1.165) is 23.3 Å². The van der Waals surface area contributed by atoms with E-state index in [2.05, 4.69) is 10.6 Å². The van der Waals surface area contributed by atoms with Gasteiger partial charge >= 0.3 is 25.2 Å². The Hall–Kier alpha value is -4.99. The van der Waals surface area contributed by atoms with Gasteiger partial charge in [-0.15, -0.1) is 0 Å². The number of rotatable bonds is 16. The van der Waals surface area contributed by atoms with Crippen LogP contribution >= 0.6 is 7.60 Å². The molecule has 3 atom stereocenters. The van der Waals surface area contributed by atoms with Crippen LogP contribution in [0.15, 0.2) is 48.5 Å². The van der Waals surface area contributed by atoms with Gasteiger partial charge in [0, 0.05) is 30.5 Å². The molecule has 0 bridgehead atoms. The quantitative estimate of drug-likeness (QED) is 0.0818. The molecule has 2 heterocycles. The fourth-order valence-electron chi connectivity index (χ4n) is 6.26. The molecule has 4 rings (SSSR count). The highest BCUT2D eigenvalue weighted by atomic mass is 31.2. The van der Waals surface area contributed by atoms with Gasteiger partial charge in [-0.2, -0.15) is 8.78 Å². The SMILES string of the molecule is C/C(=C\C(=O)N[C@H]1CCc2cccc3c2N(C1=O)C(C(=O)NC(C)CCC(N)=O)C3)c1ccc(C(F)(F)P(=O)(OCOC(=O)C(C)(C)C)OCOC(=O)C(C)(C)C)cc1. The number of anilines is 1. The van der Waals surface area contributed by atoms with Gasteiger partial charge in [-0.1, -0.05) is 42.5 Å². The molecule has 2 aromatic rings. The first-order valence-corrected chi connectivity index (χ1v) is 20.6. The summed E-state index contributed by atoms with van der Waals surface area (Å²) in [6.45, 7) is 10.1. The third-order valence-electron chi connectivity index (χ3n) is 9.67. The standard InChI is InChI=1S/C41H53F2N4O11P/c1-24(26-13-16-29(17-14-26)41(42,43)59(54,57-22-55-37(52)39(3,4)5)58-23-56-38(53)40(6,7)8)20-33(49)46-30-18-15-27-10-9-11-28-21-31(47(34(27)28)36(30)51)35(50)45-25(2)12-19-32(44)48/h9-11,13-14,16-17,20,25,30-31H,12,15,18-19,21-23H2,1-8H3,(H2,44,48)(H,45,50)(H,46,49)/b24-20+/t25?,30-,31?/m0/s1. The molecule has 2 unspecified atom stereocenters. The van der Waals surface area contributed by atoms with E-state index < -0.39 is 90.9 Å². The zero-order valence-corrected chi connectivity index (χ0v) is 35.4. The lowest BCUT2D eigenvalue weighted by Crippen LogP contribution is -2.55. The molecule has 2 aromatic carbocycles. The molecule has 0 spiro atoms. The monoisotopic (exact) mass is 846 g/mol. The van der Waals surface area contributed by atoms with E-state index in [1.807, 2.05) is 18.2 Å². The van der Waals surface area contributed by atoms with Crippen LogP contribution in [0.2, 0.25) is 0 Å². The van der Waals surface area contributed by atoms with Crippen LogP contribution in [0.25, 0.3) is 5.57 Å². The summed E-state index contributed by atoms with van der Waals surface area (Å²) in [6.07, 6.45) is 2.55. The number of carbonyl (C=O) groups excluding carboxylic acids is 6. The summed E-state index contributed by atoms with van der Waals surface area (Å²) >= 11 is 0. The lowest BCUT2D eigenvalue weighted by molar-refractivity contribution is -0.163. The topological polar surface area (TPSA) is 210 Å². The van der Waals surface area contributed by atoms with Crippen molar-refractivity contribution in [1.29, 1.82) is 0 Å². The molecule has 2 aliphatic heterocycles. The third kappa shape index (κ3) is 11.4. The van der Waals surface area contributed by atoms with Gasteiger partial charge in [0.05, 0.1) is 16.5 Å². The van der Waals surface area contributed by atoms with Crippen LogP contribution < -0.4 is 21.3 Å². The van der Waals surface area contributed by atoms with Crippen LogP contribution in [0.3, 0.4) is 0 Å². The number of alkyl halides is 2. The van der Waals surface area contributed by atoms with Gasteiger partial charge in [-0.3, -0.25) is 47.3 Å². The van der Waals surface area contributed by atoms with Crippen LogP contribution in [-0.2, 0) is 70.4 Å². The molecule has 322 valence electrons. The number of allylic oxidation sites excluding steroid dienone is 1. The third-order valence-corrected chi connectivity index (χ3v) is 11.5. The number of halogens is 2. The highest BCUT2D eigenvalue weighted by Crippen LogP contribution is 2.67. The number of primary amides is 1. The molecular formula is C41H53F2N4O11P. The molecule has 2 aliphatic rings. The van der Waals surface area contributed by atoms with E-state index in [1.54, 1.807) is 13.8 Å². The van der Waals surface area contributed by atoms with Crippen molar-refractivity contribution in [2.45, 2.75) is 111 Å². The number of hydrogen-bond acceptors (Lipinski definition) is 11. The molecule has 0 aromatic heterocycles. The Labute approximate surface area is 342 Å². The minimum Gasteiger partial charge on any atom is -0.438 e. The molecule has 59 heavy (non-hydrogen) atoms. The fourth-order valence-corrected chi connectivity index (χ4v) is 7.51. The van der Waals surface area contributed by atoms with E-state index in [0.29, 0.717) is 29.7 Å². The number of ether oxygens (including phenoxy) is 2. The Balaban J connectivity index is 1.49. The predicted octanol–water partition coefficient (Wildman–Crippen LogP) is 5.62. The summed E-state index contributed by atoms with van der Waals surface area (Å²) in [5.41, 5.74) is 1.00. The lowest BCUT2D eigenvalue weighted by Gasteiger charge is -2.28. The number of benzene rings is 2. The second-order valence-corrected chi connectivity index (χ2v) is 18.7. The Kier molecular flexibility index (Phi) is 14.7. The molecule has 0 fully saturated rings. The van der Waals surface area contributed by atoms with E-state index in [4.69, 9.17) is 24.3 Å². The Bertz CT molecular complexity index is 1990. The van der Waals surface area contributed by atoms with Crippen molar-refractivity contribution in [2.75, 3.05) is 18.5 Å². The van der Waals surface area contributed by atoms with Gasteiger partial charge in [0.2, 0.25) is 37.2 Å². The number of amides is 4. The second-order valence-electron chi connectivity index (χ2n) is 16.7. The lowest BCUT2D eigenvalue weighted by atomic mass is 9.98. The van der Waals surface area contributed by atoms with Crippen molar-refractivity contribution in [3.05, 3.63) is 70.8 Å². The van der Waals surface area contributed by atoms with Crippen molar-refractivity contribution < 1.29 is 60.6 Å². The van der Waals surface area contributed by atoms with Crippen molar-refractivity contribution in [2.24, 2.45) is 16.6 Å². The highest BCUT2D eigenvalue weighted by molar-refractivity contribution is 7.54. The number of nitrogens with two attached hydrogens (primary N) is 1. The minimum atomic E-state index is -5.55. The molecule has 15 nitrogen and oxygen atoms in total. The first-order valence-electron chi connectivity index (χ1n) is 19.1. The molecule has 18 heteroatoms. The second kappa shape index (κ2) is 18.5. The molecule has 0 saturated heterocycles. The van der Waals surface area contributed by atoms with Crippen LogP contribution in [0, 0.1) is 10.8 Å². The number of carbonyl (C=O) groups is 6. The van der Waals surface area contributed by atoms with Crippen LogP contribution in [0.1, 0.15) is 96.9 Å². The van der Waals surface area contributed by atoms with Crippen LogP contribution in [0.4, 0.5) is 14.5 Å². The number of nitrogens with one attached hydrogen (secondary N) is 2. The maximum atomic E-state index is 16.0. The summed E-state index contributed by atoms with van der Waals surface area (Å²) in [6, 6.07) is 7.69. The molecule has 4 amide bonds. The summed E-state index contributed by atoms with van der Waals surface area (Å²) in [5, 5.41) is 5.61. The van der Waals surface area contributed by atoms with E-state index in [1.165, 1.54) is 64.7 Å². The summed E-state index contributed by atoms with van der Waals surface area (Å²) in [7, 11) is -5.55. The average molecular weight is 847 g/mol. The average Bonchev–Trinajstić information content (AvgIpc) is 3.49. The number of esters is 2. The van der Waals surface area contributed by atoms with Crippen molar-refractivity contribution in [1.82, 2.24) is 10.6 Å². The number of aryl methyl sites for hydroxylation is 1. The van der Waals surface area contributed by atoms with Crippen molar-refractivity contribution >= 4 is 54.4 Å². The molecule has 4 N–H and O–H groups in total. The Morgan fingerprint density at radius 1 is 0.932 bits per heavy atom. The van der Waals surface area contributed by atoms with Gasteiger partial charge in [-0.25, -0.2) is 0 Å². The smallest absolute Gasteiger partial charge is 0.410 e. The zero-order chi connectivity index (χ0) is 44.1. The molecule has 0 saturated carbocycles. The van der Waals surface area contributed by atoms with Crippen LogP contribution in [0.5, 0.6) is 0 Å². The number of nitrogens with zero attached hydrogens (tertiary/aromatic N) is 1. The number of hydrogen-bond donors (Lipinski definition) is 3. The number of para-hydroxylation sites is 1. The maximum Gasteiger partial charge on any atom is 0.410 e. The van der Waals surface area contributed by atoms with Gasteiger partial charge in [0.25, 0.3) is 0 Å². The van der Waals surface area contributed by atoms with Gasteiger partial charge < -0.3 is 25.8 Å². The van der Waals surface area contributed by atoms with Crippen molar-refractivity contribution in [3.63, 3.8) is 0 Å². The molecular weight excluding hydrogens is 793 g/mol. The predicted molar refractivity (Wildman–Crippen MR) is 212 cm³/mol. The first kappa shape index (κ1) is 46.7. The summed E-state index contributed by atoms with van der Waals surface area (Å²) < 4.78 is 65.3. The normalized spacial score (nSPS) is 17.7. The summed E-state index contributed by atoms with van der Waals surface area (Å²) in [5.74, 6) is -3.67. The Morgan fingerprint density at radius 2 is 1.49 bits per heavy atom. The van der Waals surface area contributed by atoms with E-state index in [-0.39, 0.29) is 25.3 Å². The minimum absolute atomic E-state index is 0.0820. The van der Waals surface area contributed by atoms with Gasteiger partial charge in [-0.05, 0) is 96.9 Å². The first-order chi connectivity index (χ1) is 27.4. The summed E-state index contributed by atoms with van der Waals surface area (Å²) in [4.78, 5) is 78.0.